The molecule has 2 atom stereocenters. The fourth-order valence-corrected chi connectivity index (χ4v) is 5.59. The van der Waals surface area contributed by atoms with E-state index in [1.807, 2.05) is 18.2 Å². The Hall–Kier alpha value is -3.04. The number of H-pyrrole nitrogens is 1. The molecular weight excluding hydrogens is 400 g/mol. The van der Waals surface area contributed by atoms with Crippen molar-refractivity contribution in [3.05, 3.63) is 35.5 Å². The monoisotopic (exact) mass is 420 g/mol. The molecule has 0 spiro atoms. The second kappa shape index (κ2) is 6.75. The Balaban J connectivity index is 1.44. The number of carbonyl (C=O) groups is 1. The molecule has 2 aliphatic heterocycles. The number of hydrogen-bond donors (Lipinski definition) is 2. The highest BCUT2D eigenvalue weighted by atomic mass is 32.1. The van der Waals surface area contributed by atoms with Crippen LogP contribution in [-0.2, 0) is 4.74 Å². The van der Waals surface area contributed by atoms with Gasteiger partial charge >= 0.3 is 5.97 Å². The van der Waals surface area contributed by atoms with Crippen molar-refractivity contribution >= 4 is 44.5 Å². The largest absolute Gasteiger partial charge is 0.465 e. The van der Waals surface area contributed by atoms with Crippen molar-refractivity contribution in [2.75, 3.05) is 38.2 Å². The van der Waals surface area contributed by atoms with E-state index in [1.54, 1.807) is 6.33 Å². The average Bonchev–Trinajstić information content (AvgIpc) is 3.53. The van der Waals surface area contributed by atoms with Crippen molar-refractivity contribution in [3.63, 3.8) is 0 Å². The zero-order chi connectivity index (χ0) is 20.2. The standard InChI is InChI=1S/C21H20N6O2S/c1-29-20(28)16-4-11-2-3-12(5-15(11)30-16)17-18-19(24-10-23-18)26-21(25-17)27-8-13-6-22-7-14(13)9-27/h2-5,10,13-14,22H,6-9H2,1H3,(H,23,24,25,26). The van der Waals surface area contributed by atoms with Gasteiger partial charge in [-0.2, -0.15) is 4.98 Å². The molecule has 0 radical (unpaired) electrons. The van der Waals surface area contributed by atoms with Crippen LogP contribution in [-0.4, -0.2) is 59.2 Å². The lowest BCUT2D eigenvalue weighted by Crippen LogP contribution is -2.27. The van der Waals surface area contributed by atoms with E-state index >= 15 is 0 Å². The summed E-state index contributed by atoms with van der Waals surface area (Å²) in [5.41, 5.74) is 3.30. The van der Waals surface area contributed by atoms with Crippen LogP contribution in [0.4, 0.5) is 5.95 Å². The maximum atomic E-state index is 11.9. The van der Waals surface area contributed by atoms with Crippen molar-refractivity contribution in [2.45, 2.75) is 0 Å². The zero-order valence-corrected chi connectivity index (χ0v) is 17.2. The minimum absolute atomic E-state index is 0.313. The number of nitrogens with one attached hydrogen (secondary N) is 2. The van der Waals surface area contributed by atoms with Gasteiger partial charge in [-0.3, -0.25) is 0 Å². The van der Waals surface area contributed by atoms with Crippen LogP contribution in [0.5, 0.6) is 0 Å². The predicted molar refractivity (Wildman–Crippen MR) is 116 cm³/mol. The number of carbonyl (C=O) groups excluding carboxylic acids is 1. The predicted octanol–water partition coefficient (Wildman–Crippen LogP) is 2.68. The summed E-state index contributed by atoms with van der Waals surface area (Å²) < 4.78 is 5.88. The summed E-state index contributed by atoms with van der Waals surface area (Å²) in [6, 6.07) is 7.99. The van der Waals surface area contributed by atoms with Crippen LogP contribution in [0.2, 0.25) is 0 Å². The average molecular weight is 420 g/mol. The number of hydrogen-bond acceptors (Lipinski definition) is 8. The van der Waals surface area contributed by atoms with Gasteiger partial charge in [0.1, 0.15) is 16.1 Å². The number of thiophene rings is 1. The van der Waals surface area contributed by atoms with E-state index in [0.717, 1.165) is 59.0 Å². The first-order valence-corrected chi connectivity index (χ1v) is 10.8. The number of aromatic amines is 1. The van der Waals surface area contributed by atoms with Crippen molar-refractivity contribution in [3.8, 4) is 11.3 Å². The van der Waals surface area contributed by atoms with Crippen LogP contribution in [0.3, 0.4) is 0 Å². The van der Waals surface area contributed by atoms with Crippen LogP contribution in [0, 0.1) is 11.8 Å². The summed E-state index contributed by atoms with van der Waals surface area (Å²) in [6.45, 7) is 4.07. The maximum absolute atomic E-state index is 11.9. The minimum Gasteiger partial charge on any atom is -0.465 e. The van der Waals surface area contributed by atoms with Gasteiger partial charge in [-0.1, -0.05) is 12.1 Å². The minimum atomic E-state index is -0.313. The smallest absolute Gasteiger partial charge is 0.348 e. The molecule has 9 heteroatoms. The number of esters is 1. The third-order valence-corrected chi connectivity index (χ3v) is 7.20. The molecule has 1 aromatic carbocycles. The van der Waals surface area contributed by atoms with Crippen LogP contribution in [0.15, 0.2) is 30.6 Å². The van der Waals surface area contributed by atoms with Gasteiger partial charge in [0.2, 0.25) is 5.95 Å². The van der Waals surface area contributed by atoms with E-state index in [9.17, 15) is 4.79 Å². The fraction of sp³-hybridized carbons (Fsp3) is 0.333. The lowest BCUT2D eigenvalue weighted by Gasteiger charge is -2.18. The summed E-state index contributed by atoms with van der Waals surface area (Å²) in [7, 11) is 1.40. The molecule has 8 nitrogen and oxygen atoms in total. The van der Waals surface area contributed by atoms with Gasteiger partial charge in [0, 0.05) is 36.4 Å². The number of anilines is 1. The van der Waals surface area contributed by atoms with E-state index in [4.69, 9.17) is 14.7 Å². The second-order valence-electron chi connectivity index (χ2n) is 7.91. The van der Waals surface area contributed by atoms with E-state index in [-0.39, 0.29) is 5.97 Å². The Kier molecular flexibility index (Phi) is 4.00. The topological polar surface area (TPSA) is 96.0 Å². The molecule has 0 amide bonds. The number of aromatic nitrogens is 4. The molecule has 2 N–H and O–H groups in total. The quantitative estimate of drug-likeness (QED) is 0.492. The van der Waals surface area contributed by atoms with Crippen LogP contribution in [0.25, 0.3) is 32.5 Å². The third-order valence-electron chi connectivity index (χ3n) is 6.13. The first-order chi connectivity index (χ1) is 14.7. The first-order valence-electron chi connectivity index (χ1n) is 9.98. The number of fused-ring (bicyclic) bond motifs is 3. The van der Waals surface area contributed by atoms with E-state index < -0.39 is 0 Å². The SMILES string of the molecule is COC(=O)c1cc2ccc(-c3nc(N4CC5CNCC5C4)nc4nc[nH]c34)cc2s1. The highest BCUT2D eigenvalue weighted by Crippen LogP contribution is 2.34. The summed E-state index contributed by atoms with van der Waals surface area (Å²) >= 11 is 1.43. The molecule has 6 rings (SSSR count). The van der Waals surface area contributed by atoms with Crippen LogP contribution < -0.4 is 10.2 Å². The lowest BCUT2D eigenvalue weighted by atomic mass is 10.0. The Bertz CT molecular complexity index is 1270. The van der Waals surface area contributed by atoms with Gasteiger partial charge in [-0.05, 0) is 29.4 Å². The van der Waals surface area contributed by atoms with Gasteiger partial charge in [0.25, 0.3) is 0 Å². The first kappa shape index (κ1) is 17.8. The van der Waals surface area contributed by atoms with Crippen LogP contribution >= 0.6 is 11.3 Å². The highest BCUT2D eigenvalue weighted by Gasteiger charge is 2.37. The molecule has 2 fully saturated rings. The van der Waals surface area contributed by atoms with Gasteiger partial charge < -0.3 is 19.9 Å². The molecule has 2 saturated heterocycles. The Morgan fingerprint density at radius 1 is 1.20 bits per heavy atom. The van der Waals surface area contributed by atoms with Gasteiger partial charge in [-0.15, -0.1) is 11.3 Å². The third kappa shape index (κ3) is 2.77. The molecule has 0 bridgehead atoms. The fourth-order valence-electron chi connectivity index (χ4n) is 4.57. The molecule has 2 unspecified atom stereocenters. The number of ether oxygens (including phenoxy) is 1. The number of imidazole rings is 1. The van der Waals surface area contributed by atoms with Gasteiger partial charge in [0.05, 0.1) is 13.4 Å². The van der Waals surface area contributed by atoms with E-state index in [0.29, 0.717) is 22.4 Å². The Morgan fingerprint density at radius 3 is 2.83 bits per heavy atom. The second-order valence-corrected chi connectivity index (χ2v) is 9.00. The van der Waals surface area contributed by atoms with Crippen molar-refractivity contribution in [1.29, 1.82) is 0 Å². The summed E-state index contributed by atoms with van der Waals surface area (Å²) in [5.74, 6) is 1.74. The molecular formula is C21H20N6O2S. The molecule has 3 aromatic heterocycles. The number of benzene rings is 1. The Morgan fingerprint density at radius 2 is 2.03 bits per heavy atom. The molecule has 152 valence electrons. The van der Waals surface area contributed by atoms with Gasteiger partial charge in [0.15, 0.2) is 5.65 Å². The molecule has 0 aliphatic carbocycles. The lowest BCUT2D eigenvalue weighted by molar-refractivity contribution is 0.0606. The molecule has 2 aliphatic rings. The maximum Gasteiger partial charge on any atom is 0.348 e. The summed E-state index contributed by atoms with van der Waals surface area (Å²) in [5, 5.41) is 4.49. The zero-order valence-electron chi connectivity index (χ0n) is 16.4. The summed E-state index contributed by atoms with van der Waals surface area (Å²) in [6.07, 6.45) is 1.66. The van der Waals surface area contributed by atoms with Crippen molar-refractivity contribution in [2.24, 2.45) is 11.8 Å². The molecule has 5 heterocycles. The molecule has 4 aromatic rings. The van der Waals surface area contributed by atoms with Crippen molar-refractivity contribution < 1.29 is 9.53 Å². The normalized spacial score (nSPS) is 20.9. The Labute approximate surface area is 176 Å². The van der Waals surface area contributed by atoms with E-state index in [1.165, 1.54) is 18.4 Å². The van der Waals surface area contributed by atoms with Crippen molar-refractivity contribution in [1.82, 2.24) is 25.3 Å². The summed E-state index contributed by atoms with van der Waals surface area (Å²) in [4.78, 5) is 32.0. The number of rotatable bonds is 3. The van der Waals surface area contributed by atoms with Crippen LogP contribution in [0.1, 0.15) is 9.67 Å². The van der Waals surface area contributed by atoms with Gasteiger partial charge in [-0.25, -0.2) is 14.8 Å². The number of nitrogens with zero attached hydrogens (tertiary/aromatic N) is 4. The van der Waals surface area contributed by atoms with E-state index in [2.05, 4.69) is 26.3 Å². The number of methoxy groups -OCH3 is 1. The highest BCUT2D eigenvalue weighted by molar-refractivity contribution is 7.20. The molecule has 30 heavy (non-hydrogen) atoms. The molecule has 0 saturated carbocycles.